The van der Waals surface area contributed by atoms with Gasteiger partial charge in [0.15, 0.2) is 0 Å². The van der Waals surface area contributed by atoms with Crippen LogP contribution in [0.2, 0.25) is 0 Å². The summed E-state index contributed by atoms with van der Waals surface area (Å²) in [5.74, 6) is 0. The van der Waals surface area contributed by atoms with E-state index in [1.165, 1.54) is 11.1 Å². The predicted molar refractivity (Wildman–Crippen MR) is 73.3 cm³/mol. The summed E-state index contributed by atoms with van der Waals surface area (Å²) >= 11 is 0. The van der Waals surface area contributed by atoms with Crippen LogP contribution in [-0.2, 0) is 4.74 Å². The molecule has 0 fully saturated rings. The zero-order valence-electron chi connectivity index (χ0n) is 11.7. The summed E-state index contributed by atoms with van der Waals surface area (Å²) in [6, 6.07) is 8.97. The lowest BCUT2D eigenvalue weighted by Crippen LogP contribution is -2.26. The number of ether oxygens (including phenoxy) is 1. The molecule has 1 rings (SSSR count). The maximum Gasteiger partial charge on any atom is 0.0623 e. The second kappa shape index (κ2) is 6.18. The maximum absolute atomic E-state index is 5.47. The van der Waals surface area contributed by atoms with E-state index in [0.717, 1.165) is 12.8 Å². The van der Waals surface area contributed by atoms with E-state index < -0.39 is 0 Å². The average Bonchev–Trinajstić information content (AvgIpc) is 2.32. The topological polar surface area (TPSA) is 21.3 Å². The van der Waals surface area contributed by atoms with Crippen molar-refractivity contribution in [2.75, 3.05) is 14.2 Å². The molecule has 1 unspecified atom stereocenters. The molecule has 1 atom stereocenters. The average molecular weight is 235 g/mol. The first-order chi connectivity index (χ1) is 8.00. The van der Waals surface area contributed by atoms with Crippen molar-refractivity contribution >= 4 is 0 Å². The Kier molecular flexibility index (Phi) is 5.16. The summed E-state index contributed by atoms with van der Waals surface area (Å²) in [4.78, 5) is 0. The van der Waals surface area contributed by atoms with Crippen LogP contribution in [-0.4, -0.2) is 19.8 Å². The van der Waals surface area contributed by atoms with Crippen molar-refractivity contribution < 1.29 is 4.74 Å². The van der Waals surface area contributed by atoms with Crippen molar-refractivity contribution in [3.8, 4) is 0 Å². The Balaban J connectivity index is 2.70. The first-order valence-corrected chi connectivity index (χ1v) is 6.28. The Hall–Kier alpha value is -0.860. The van der Waals surface area contributed by atoms with Gasteiger partial charge in [-0.05, 0) is 51.8 Å². The van der Waals surface area contributed by atoms with Gasteiger partial charge >= 0.3 is 0 Å². The minimum atomic E-state index is -0.0439. The fourth-order valence-electron chi connectivity index (χ4n) is 2.03. The molecule has 0 radical (unpaired) electrons. The molecule has 0 aliphatic heterocycles. The van der Waals surface area contributed by atoms with E-state index in [1.807, 2.05) is 7.05 Å². The van der Waals surface area contributed by atoms with Crippen molar-refractivity contribution in [1.82, 2.24) is 5.32 Å². The van der Waals surface area contributed by atoms with Crippen molar-refractivity contribution in [2.24, 2.45) is 0 Å². The van der Waals surface area contributed by atoms with Crippen LogP contribution in [0.3, 0.4) is 0 Å². The van der Waals surface area contributed by atoms with Crippen molar-refractivity contribution in [2.45, 2.75) is 45.3 Å². The third kappa shape index (κ3) is 4.14. The highest BCUT2D eigenvalue weighted by molar-refractivity contribution is 5.28. The molecule has 1 N–H and O–H groups in total. The highest BCUT2D eigenvalue weighted by Crippen LogP contribution is 2.26. The Bertz CT molecular complexity index is 347. The Morgan fingerprint density at radius 2 is 1.94 bits per heavy atom. The second-order valence-corrected chi connectivity index (χ2v) is 5.20. The summed E-state index contributed by atoms with van der Waals surface area (Å²) in [5, 5.41) is 3.40. The van der Waals surface area contributed by atoms with Gasteiger partial charge in [-0.3, -0.25) is 0 Å². The summed E-state index contributed by atoms with van der Waals surface area (Å²) in [7, 11) is 3.80. The molecule has 1 aromatic carbocycles. The first-order valence-electron chi connectivity index (χ1n) is 6.28. The van der Waals surface area contributed by atoms with Gasteiger partial charge in [-0.15, -0.1) is 0 Å². The lowest BCUT2D eigenvalue weighted by molar-refractivity contribution is 0.0118. The van der Waals surface area contributed by atoms with Gasteiger partial charge in [0.25, 0.3) is 0 Å². The molecule has 2 heteroatoms. The normalized spacial score (nSPS) is 13.7. The smallest absolute Gasteiger partial charge is 0.0623 e. The number of methoxy groups -OCH3 is 1. The van der Waals surface area contributed by atoms with E-state index in [4.69, 9.17) is 4.74 Å². The number of hydrogen-bond donors (Lipinski definition) is 1. The van der Waals surface area contributed by atoms with E-state index in [-0.39, 0.29) is 5.60 Å². The number of rotatable bonds is 6. The highest BCUT2D eigenvalue weighted by atomic mass is 16.5. The zero-order valence-corrected chi connectivity index (χ0v) is 11.7. The standard InChI is InChI=1S/C15H25NO/c1-12-8-6-7-9-13(12)14(16-4)10-11-15(2,3)17-5/h6-9,14,16H,10-11H2,1-5H3. The van der Waals surface area contributed by atoms with E-state index in [9.17, 15) is 0 Å². The van der Waals surface area contributed by atoms with Crippen LogP contribution in [0.1, 0.15) is 43.9 Å². The van der Waals surface area contributed by atoms with E-state index in [2.05, 4.69) is 50.4 Å². The molecule has 0 amide bonds. The van der Waals surface area contributed by atoms with Crippen molar-refractivity contribution in [1.29, 1.82) is 0 Å². The molecule has 96 valence electrons. The summed E-state index contributed by atoms with van der Waals surface area (Å²) in [5.41, 5.74) is 2.70. The summed E-state index contributed by atoms with van der Waals surface area (Å²) < 4.78 is 5.47. The summed E-state index contributed by atoms with van der Waals surface area (Å²) in [6.07, 6.45) is 2.13. The van der Waals surface area contributed by atoms with Crippen molar-refractivity contribution in [3.63, 3.8) is 0 Å². The van der Waals surface area contributed by atoms with Gasteiger partial charge in [0, 0.05) is 13.2 Å². The van der Waals surface area contributed by atoms with Gasteiger partial charge in [0.1, 0.15) is 0 Å². The van der Waals surface area contributed by atoms with Gasteiger partial charge < -0.3 is 10.1 Å². The molecule has 0 spiro atoms. The lowest BCUT2D eigenvalue weighted by Gasteiger charge is -2.26. The molecule has 0 aliphatic rings. The molecule has 0 bridgehead atoms. The van der Waals surface area contributed by atoms with Gasteiger partial charge in [0.05, 0.1) is 5.60 Å². The van der Waals surface area contributed by atoms with Crippen LogP contribution in [0.5, 0.6) is 0 Å². The quantitative estimate of drug-likeness (QED) is 0.815. The molecule has 1 aromatic rings. The second-order valence-electron chi connectivity index (χ2n) is 5.20. The largest absolute Gasteiger partial charge is 0.379 e. The van der Waals surface area contributed by atoms with Gasteiger partial charge in [-0.2, -0.15) is 0 Å². The molecule has 0 saturated carbocycles. The number of benzene rings is 1. The number of aryl methyl sites for hydroxylation is 1. The molecule has 17 heavy (non-hydrogen) atoms. The Labute approximate surface area is 105 Å². The molecule has 2 nitrogen and oxygen atoms in total. The summed E-state index contributed by atoms with van der Waals surface area (Å²) in [6.45, 7) is 6.44. The zero-order chi connectivity index (χ0) is 12.9. The van der Waals surface area contributed by atoms with Crippen LogP contribution in [0.4, 0.5) is 0 Å². The van der Waals surface area contributed by atoms with Crippen LogP contribution in [0.15, 0.2) is 24.3 Å². The Morgan fingerprint density at radius 3 is 2.47 bits per heavy atom. The fourth-order valence-corrected chi connectivity index (χ4v) is 2.03. The predicted octanol–water partition coefficient (Wildman–Crippen LogP) is 3.46. The highest BCUT2D eigenvalue weighted by Gasteiger charge is 2.20. The fraction of sp³-hybridized carbons (Fsp3) is 0.600. The van der Waals surface area contributed by atoms with Crippen LogP contribution < -0.4 is 5.32 Å². The van der Waals surface area contributed by atoms with Crippen LogP contribution in [0.25, 0.3) is 0 Å². The van der Waals surface area contributed by atoms with E-state index >= 15 is 0 Å². The van der Waals surface area contributed by atoms with E-state index in [1.54, 1.807) is 7.11 Å². The maximum atomic E-state index is 5.47. The molecule has 0 aromatic heterocycles. The number of hydrogen-bond acceptors (Lipinski definition) is 2. The molecule has 0 aliphatic carbocycles. The monoisotopic (exact) mass is 235 g/mol. The lowest BCUT2D eigenvalue weighted by atomic mass is 9.93. The molecule has 0 heterocycles. The molecular weight excluding hydrogens is 210 g/mol. The van der Waals surface area contributed by atoms with Gasteiger partial charge in [-0.25, -0.2) is 0 Å². The van der Waals surface area contributed by atoms with Crippen LogP contribution >= 0.6 is 0 Å². The first kappa shape index (κ1) is 14.2. The van der Waals surface area contributed by atoms with Crippen LogP contribution in [0, 0.1) is 6.92 Å². The van der Waals surface area contributed by atoms with Gasteiger partial charge in [0.2, 0.25) is 0 Å². The third-order valence-electron chi connectivity index (χ3n) is 3.50. The minimum Gasteiger partial charge on any atom is -0.379 e. The third-order valence-corrected chi connectivity index (χ3v) is 3.50. The van der Waals surface area contributed by atoms with Gasteiger partial charge in [-0.1, -0.05) is 24.3 Å². The van der Waals surface area contributed by atoms with E-state index in [0.29, 0.717) is 6.04 Å². The number of nitrogens with one attached hydrogen (secondary N) is 1. The molecule has 0 saturated heterocycles. The molecular formula is C15H25NO. The SMILES string of the molecule is CNC(CCC(C)(C)OC)c1ccccc1C. The Morgan fingerprint density at radius 1 is 1.29 bits per heavy atom. The van der Waals surface area contributed by atoms with Crippen molar-refractivity contribution in [3.05, 3.63) is 35.4 Å². The minimum absolute atomic E-state index is 0.0439.